The predicted octanol–water partition coefficient (Wildman–Crippen LogP) is 3.20. The number of amides is 1. The fourth-order valence-corrected chi connectivity index (χ4v) is 4.84. The molecule has 1 amide bonds. The number of fused-ring (bicyclic) bond motifs is 1. The highest BCUT2D eigenvalue weighted by atomic mass is 79.9. The standard InChI is InChI=1S/C17H18BrNO3/c1-7-3-10(4-8(2)15(7)18)19-16(20)13-9-5-11-12(6-9)22-17(21)14(11)13/h3-4,9,11-14H,5-6H2,1-2H3,(H,19,20)/t9-,11+,12-,13-,14+/m1/s1. The molecule has 1 saturated heterocycles. The van der Waals surface area contributed by atoms with Crippen molar-refractivity contribution < 1.29 is 14.3 Å². The van der Waals surface area contributed by atoms with E-state index in [0.717, 1.165) is 34.1 Å². The maximum absolute atomic E-state index is 12.7. The molecule has 5 heteroatoms. The number of hydrogen-bond acceptors (Lipinski definition) is 3. The summed E-state index contributed by atoms with van der Waals surface area (Å²) < 4.78 is 6.46. The highest BCUT2D eigenvalue weighted by molar-refractivity contribution is 9.10. The van der Waals surface area contributed by atoms with Crippen LogP contribution in [0, 0.1) is 37.5 Å². The van der Waals surface area contributed by atoms with Gasteiger partial charge in [-0.25, -0.2) is 0 Å². The minimum Gasteiger partial charge on any atom is -0.462 e. The third-order valence-corrected chi connectivity index (χ3v) is 6.74. The average molecular weight is 364 g/mol. The van der Waals surface area contributed by atoms with Gasteiger partial charge in [0, 0.05) is 16.1 Å². The van der Waals surface area contributed by atoms with Gasteiger partial charge >= 0.3 is 5.97 Å². The number of benzene rings is 1. The summed E-state index contributed by atoms with van der Waals surface area (Å²) in [6.45, 7) is 4.01. The van der Waals surface area contributed by atoms with Crippen molar-refractivity contribution in [2.45, 2.75) is 32.8 Å². The lowest BCUT2D eigenvalue weighted by molar-refractivity contribution is -0.145. The average Bonchev–Trinajstić information content (AvgIpc) is 3.05. The molecule has 1 heterocycles. The van der Waals surface area contributed by atoms with Crippen LogP contribution in [0.15, 0.2) is 16.6 Å². The van der Waals surface area contributed by atoms with E-state index in [1.165, 1.54) is 0 Å². The van der Waals surface area contributed by atoms with E-state index in [-0.39, 0.29) is 35.7 Å². The van der Waals surface area contributed by atoms with Crippen LogP contribution in [0.25, 0.3) is 0 Å². The van der Waals surface area contributed by atoms with Crippen LogP contribution in [0.5, 0.6) is 0 Å². The summed E-state index contributed by atoms with van der Waals surface area (Å²) >= 11 is 3.53. The van der Waals surface area contributed by atoms with Gasteiger partial charge in [-0.1, -0.05) is 15.9 Å². The van der Waals surface area contributed by atoms with Crippen molar-refractivity contribution in [3.8, 4) is 0 Å². The summed E-state index contributed by atoms with van der Waals surface area (Å²) in [5, 5.41) is 3.01. The molecule has 2 saturated carbocycles. The number of carbonyl (C=O) groups excluding carboxylic acids is 2. The van der Waals surface area contributed by atoms with E-state index >= 15 is 0 Å². The van der Waals surface area contributed by atoms with Crippen molar-refractivity contribution in [1.82, 2.24) is 0 Å². The maximum Gasteiger partial charge on any atom is 0.310 e. The Morgan fingerprint density at radius 2 is 1.95 bits per heavy atom. The van der Waals surface area contributed by atoms with Crippen LogP contribution in [0.2, 0.25) is 0 Å². The summed E-state index contributed by atoms with van der Waals surface area (Å²) in [4.78, 5) is 24.7. The first-order chi connectivity index (χ1) is 10.5. The molecule has 116 valence electrons. The van der Waals surface area contributed by atoms with E-state index in [9.17, 15) is 9.59 Å². The Bertz CT molecular complexity index is 661. The van der Waals surface area contributed by atoms with Gasteiger partial charge in [-0.05, 0) is 55.9 Å². The van der Waals surface area contributed by atoms with Crippen LogP contribution in [0.1, 0.15) is 24.0 Å². The van der Waals surface area contributed by atoms with Gasteiger partial charge in [0.05, 0.1) is 11.8 Å². The first kappa shape index (κ1) is 14.2. The van der Waals surface area contributed by atoms with Gasteiger partial charge in [0.25, 0.3) is 0 Å². The molecule has 2 bridgehead atoms. The van der Waals surface area contributed by atoms with Gasteiger partial charge in [0.2, 0.25) is 5.91 Å². The second kappa shape index (κ2) is 4.82. The van der Waals surface area contributed by atoms with Gasteiger partial charge in [0.15, 0.2) is 0 Å². The molecule has 0 unspecified atom stereocenters. The van der Waals surface area contributed by atoms with E-state index in [1.807, 2.05) is 26.0 Å². The van der Waals surface area contributed by atoms with E-state index < -0.39 is 0 Å². The number of esters is 1. The number of rotatable bonds is 2. The normalized spacial score (nSPS) is 34.9. The van der Waals surface area contributed by atoms with Crippen molar-refractivity contribution in [3.63, 3.8) is 0 Å². The van der Waals surface area contributed by atoms with E-state index in [4.69, 9.17) is 4.74 Å². The van der Waals surface area contributed by atoms with E-state index in [0.29, 0.717) is 5.92 Å². The second-order valence-corrected chi connectivity index (χ2v) is 7.63. The lowest BCUT2D eigenvalue weighted by atomic mass is 9.79. The molecule has 1 aliphatic heterocycles. The zero-order valence-corrected chi connectivity index (χ0v) is 14.1. The van der Waals surface area contributed by atoms with Gasteiger partial charge < -0.3 is 10.1 Å². The Balaban J connectivity index is 1.57. The highest BCUT2D eigenvalue weighted by Crippen LogP contribution is 2.57. The molecule has 3 fully saturated rings. The molecule has 0 spiro atoms. The molecule has 5 atom stereocenters. The first-order valence-corrected chi connectivity index (χ1v) is 8.53. The molecular formula is C17H18BrNO3. The van der Waals surface area contributed by atoms with Crippen molar-refractivity contribution in [2.75, 3.05) is 5.32 Å². The third-order valence-electron chi connectivity index (χ3n) is 5.49. The quantitative estimate of drug-likeness (QED) is 0.820. The van der Waals surface area contributed by atoms with Crippen molar-refractivity contribution in [1.29, 1.82) is 0 Å². The topological polar surface area (TPSA) is 55.4 Å². The first-order valence-electron chi connectivity index (χ1n) is 7.74. The van der Waals surface area contributed by atoms with Gasteiger partial charge in [-0.3, -0.25) is 9.59 Å². The van der Waals surface area contributed by atoms with Crippen LogP contribution < -0.4 is 5.32 Å². The molecule has 0 radical (unpaired) electrons. The number of aryl methyl sites for hydroxylation is 2. The van der Waals surface area contributed by atoms with Crippen LogP contribution in [-0.4, -0.2) is 18.0 Å². The lowest BCUT2D eigenvalue weighted by Gasteiger charge is -2.23. The predicted molar refractivity (Wildman–Crippen MR) is 85.3 cm³/mol. The SMILES string of the molecule is Cc1cc(NC(=O)[C@@H]2[C@@H]3C[C@@H]4[C@@H]2C(=O)O[C@@H]4C3)cc(C)c1Br. The highest BCUT2D eigenvalue weighted by Gasteiger charge is 2.63. The molecule has 1 N–H and O–H groups in total. The largest absolute Gasteiger partial charge is 0.462 e. The van der Waals surface area contributed by atoms with Crippen LogP contribution in [-0.2, 0) is 14.3 Å². The van der Waals surface area contributed by atoms with Crippen molar-refractivity contribution in [3.05, 3.63) is 27.7 Å². The summed E-state index contributed by atoms with van der Waals surface area (Å²) in [6, 6.07) is 3.91. The van der Waals surface area contributed by atoms with Crippen molar-refractivity contribution in [2.24, 2.45) is 23.7 Å². The number of anilines is 1. The zero-order chi connectivity index (χ0) is 15.6. The number of carbonyl (C=O) groups is 2. The Morgan fingerprint density at radius 3 is 2.64 bits per heavy atom. The third kappa shape index (κ3) is 1.94. The Hall–Kier alpha value is -1.36. The number of nitrogens with one attached hydrogen (secondary N) is 1. The second-order valence-electron chi connectivity index (χ2n) is 6.84. The van der Waals surface area contributed by atoms with Gasteiger partial charge in [0.1, 0.15) is 6.10 Å². The molecule has 0 aromatic heterocycles. The summed E-state index contributed by atoms with van der Waals surface area (Å²) in [5.41, 5.74) is 2.97. The maximum atomic E-state index is 12.7. The molecule has 3 aliphatic rings. The molecule has 2 aliphatic carbocycles. The molecule has 1 aromatic carbocycles. The van der Waals surface area contributed by atoms with E-state index in [1.54, 1.807) is 0 Å². The molecule has 4 rings (SSSR count). The smallest absolute Gasteiger partial charge is 0.310 e. The molecule has 4 nitrogen and oxygen atoms in total. The fraction of sp³-hybridized carbons (Fsp3) is 0.529. The molecule has 1 aromatic rings. The molecule has 22 heavy (non-hydrogen) atoms. The fourth-order valence-electron chi connectivity index (χ4n) is 4.61. The Labute approximate surface area is 137 Å². The lowest BCUT2D eigenvalue weighted by Crippen LogP contribution is -2.35. The minimum atomic E-state index is -0.222. The van der Waals surface area contributed by atoms with Gasteiger partial charge in [-0.2, -0.15) is 0 Å². The number of hydrogen-bond donors (Lipinski definition) is 1. The van der Waals surface area contributed by atoms with Gasteiger partial charge in [-0.15, -0.1) is 0 Å². The number of halogens is 1. The minimum absolute atomic E-state index is 0.0316. The van der Waals surface area contributed by atoms with Crippen LogP contribution in [0.4, 0.5) is 5.69 Å². The summed E-state index contributed by atoms with van der Waals surface area (Å²) in [7, 11) is 0. The number of ether oxygens (including phenoxy) is 1. The van der Waals surface area contributed by atoms with Crippen molar-refractivity contribution >= 4 is 33.5 Å². The Kier molecular flexibility index (Phi) is 3.12. The zero-order valence-electron chi connectivity index (χ0n) is 12.6. The Morgan fingerprint density at radius 1 is 1.27 bits per heavy atom. The summed E-state index contributed by atoms with van der Waals surface area (Å²) in [6.07, 6.45) is 1.88. The summed E-state index contributed by atoms with van der Waals surface area (Å²) in [5.74, 6) is -0.0816. The molecular weight excluding hydrogens is 346 g/mol. The monoisotopic (exact) mass is 363 g/mol. The van der Waals surface area contributed by atoms with E-state index in [2.05, 4.69) is 21.2 Å². The van der Waals surface area contributed by atoms with Crippen LogP contribution >= 0.6 is 15.9 Å². The van der Waals surface area contributed by atoms with Crippen LogP contribution in [0.3, 0.4) is 0 Å².